The Morgan fingerprint density at radius 3 is 2.75 bits per heavy atom. The van der Waals surface area contributed by atoms with Crippen LogP contribution < -0.4 is 10.6 Å². The van der Waals surface area contributed by atoms with Gasteiger partial charge in [-0.25, -0.2) is 4.98 Å². The van der Waals surface area contributed by atoms with Crippen LogP contribution in [0, 0.1) is 0 Å². The first-order valence-corrected chi connectivity index (χ1v) is 5.12. The molecule has 0 saturated carbocycles. The molecular formula is C11H15N3O2. The SMILES string of the molecule is CCc1cccc(C(=O)NCC(=O)NC)n1. The lowest BCUT2D eigenvalue weighted by molar-refractivity contribution is -0.119. The molecule has 0 aliphatic rings. The van der Waals surface area contributed by atoms with Crippen molar-refractivity contribution >= 4 is 11.8 Å². The van der Waals surface area contributed by atoms with Crippen molar-refractivity contribution in [3.8, 4) is 0 Å². The molecule has 0 bridgehead atoms. The maximum atomic E-state index is 11.6. The van der Waals surface area contributed by atoms with E-state index in [1.807, 2.05) is 13.0 Å². The highest BCUT2D eigenvalue weighted by Crippen LogP contribution is 1.99. The molecule has 0 spiro atoms. The second-order valence-electron chi connectivity index (χ2n) is 3.22. The van der Waals surface area contributed by atoms with Crippen molar-refractivity contribution in [2.24, 2.45) is 0 Å². The van der Waals surface area contributed by atoms with Crippen LogP contribution >= 0.6 is 0 Å². The van der Waals surface area contributed by atoms with Crippen molar-refractivity contribution in [1.29, 1.82) is 0 Å². The van der Waals surface area contributed by atoms with Crippen LogP contribution in [0.5, 0.6) is 0 Å². The molecule has 0 fully saturated rings. The molecule has 0 atom stereocenters. The number of hydrogen-bond donors (Lipinski definition) is 2. The number of pyridine rings is 1. The van der Waals surface area contributed by atoms with Crippen LogP contribution in [0.4, 0.5) is 0 Å². The van der Waals surface area contributed by atoms with E-state index in [-0.39, 0.29) is 18.4 Å². The predicted octanol–water partition coefficient (Wildman–Crippen LogP) is 0.120. The Hall–Kier alpha value is -1.91. The number of nitrogens with zero attached hydrogens (tertiary/aromatic N) is 1. The van der Waals surface area contributed by atoms with Crippen molar-refractivity contribution in [2.45, 2.75) is 13.3 Å². The second-order valence-corrected chi connectivity index (χ2v) is 3.22. The molecule has 1 rings (SSSR count). The minimum atomic E-state index is -0.334. The maximum absolute atomic E-state index is 11.6. The lowest BCUT2D eigenvalue weighted by Gasteiger charge is -2.04. The molecule has 0 aromatic carbocycles. The molecule has 86 valence electrons. The number of likely N-dealkylation sites (N-methyl/N-ethyl adjacent to an activating group) is 1. The summed E-state index contributed by atoms with van der Waals surface area (Å²) in [6.45, 7) is 1.93. The fraction of sp³-hybridized carbons (Fsp3) is 0.364. The lowest BCUT2D eigenvalue weighted by atomic mass is 10.2. The van der Waals surface area contributed by atoms with Gasteiger partial charge in [-0.1, -0.05) is 13.0 Å². The number of carbonyl (C=O) groups is 2. The summed E-state index contributed by atoms with van der Waals surface area (Å²) in [5.41, 5.74) is 1.19. The number of carbonyl (C=O) groups excluding carboxylic acids is 2. The third kappa shape index (κ3) is 3.34. The van der Waals surface area contributed by atoms with Crippen LogP contribution in [-0.4, -0.2) is 30.4 Å². The minimum absolute atomic E-state index is 0.0344. The average molecular weight is 221 g/mol. The Bertz CT molecular complexity index is 391. The van der Waals surface area contributed by atoms with Gasteiger partial charge in [-0.05, 0) is 18.6 Å². The highest BCUT2D eigenvalue weighted by atomic mass is 16.2. The Kier molecular flexibility index (Phi) is 4.44. The fourth-order valence-electron chi connectivity index (χ4n) is 1.14. The van der Waals surface area contributed by atoms with Crippen molar-refractivity contribution in [3.63, 3.8) is 0 Å². The van der Waals surface area contributed by atoms with Gasteiger partial charge in [0, 0.05) is 12.7 Å². The maximum Gasteiger partial charge on any atom is 0.270 e. The van der Waals surface area contributed by atoms with Gasteiger partial charge < -0.3 is 10.6 Å². The van der Waals surface area contributed by atoms with E-state index in [0.717, 1.165) is 12.1 Å². The summed E-state index contributed by atoms with van der Waals surface area (Å²) < 4.78 is 0. The number of hydrogen-bond acceptors (Lipinski definition) is 3. The first-order chi connectivity index (χ1) is 7.67. The Balaban J connectivity index is 2.62. The highest BCUT2D eigenvalue weighted by molar-refractivity contribution is 5.94. The van der Waals surface area contributed by atoms with Gasteiger partial charge in [-0.15, -0.1) is 0 Å². The zero-order chi connectivity index (χ0) is 12.0. The van der Waals surface area contributed by atoms with Gasteiger partial charge in [0.05, 0.1) is 6.54 Å². The predicted molar refractivity (Wildman–Crippen MR) is 60.0 cm³/mol. The Morgan fingerprint density at radius 1 is 1.38 bits per heavy atom. The second kappa shape index (κ2) is 5.85. The zero-order valence-electron chi connectivity index (χ0n) is 9.41. The zero-order valence-corrected chi connectivity index (χ0v) is 9.41. The molecule has 0 saturated heterocycles. The third-order valence-corrected chi connectivity index (χ3v) is 2.09. The number of aromatic nitrogens is 1. The van der Waals surface area contributed by atoms with Crippen molar-refractivity contribution in [1.82, 2.24) is 15.6 Å². The van der Waals surface area contributed by atoms with Gasteiger partial charge in [0.15, 0.2) is 0 Å². The molecule has 0 aliphatic heterocycles. The smallest absolute Gasteiger partial charge is 0.270 e. The van der Waals surface area contributed by atoms with Gasteiger partial charge >= 0.3 is 0 Å². The summed E-state index contributed by atoms with van der Waals surface area (Å²) in [6, 6.07) is 5.26. The van der Waals surface area contributed by atoms with E-state index in [1.54, 1.807) is 12.1 Å². The summed E-state index contributed by atoms with van der Waals surface area (Å²) >= 11 is 0. The standard InChI is InChI=1S/C11H15N3O2/c1-3-8-5-4-6-9(14-8)11(16)13-7-10(15)12-2/h4-6H,3,7H2,1-2H3,(H,12,15)(H,13,16). The van der Waals surface area contributed by atoms with E-state index < -0.39 is 0 Å². The summed E-state index contributed by atoms with van der Waals surface area (Å²) in [6.07, 6.45) is 0.774. The van der Waals surface area contributed by atoms with Crippen LogP contribution in [0.2, 0.25) is 0 Å². The summed E-state index contributed by atoms with van der Waals surface area (Å²) in [5, 5.41) is 4.91. The molecule has 0 unspecified atom stereocenters. The van der Waals surface area contributed by atoms with Gasteiger partial charge in [0.25, 0.3) is 5.91 Å². The van der Waals surface area contributed by atoms with Crippen LogP contribution in [0.1, 0.15) is 23.1 Å². The molecule has 1 heterocycles. The number of aryl methyl sites for hydroxylation is 1. The van der Waals surface area contributed by atoms with E-state index in [0.29, 0.717) is 5.69 Å². The first kappa shape index (κ1) is 12.2. The molecule has 0 aliphatic carbocycles. The van der Waals surface area contributed by atoms with Gasteiger partial charge in [-0.2, -0.15) is 0 Å². The third-order valence-electron chi connectivity index (χ3n) is 2.09. The van der Waals surface area contributed by atoms with Crippen molar-refractivity contribution in [3.05, 3.63) is 29.6 Å². The fourth-order valence-corrected chi connectivity index (χ4v) is 1.14. The molecule has 1 aromatic rings. The van der Waals surface area contributed by atoms with Gasteiger partial charge in [0.2, 0.25) is 5.91 Å². The van der Waals surface area contributed by atoms with Crippen LogP contribution in [-0.2, 0) is 11.2 Å². The number of nitrogens with one attached hydrogen (secondary N) is 2. The molecule has 1 aromatic heterocycles. The van der Waals surface area contributed by atoms with Crippen LogP contribution in [0.25, 0.3) is 0 Å². The van der Waals surface area contributed by atoms with Crippen LogP contribution in [0.15, 0.2) is 18.2 Å². The molecule has 2 N–H and O–H groups in total. The Morgan fingerprint density at radius 2 is 2.12 bits per heavy atom. The summed E-state index contributed by atoms with van der Waals surface area (Å²) in [4.78, 5) is 26.7. The van der Waals surface area contributed by atoms with Crippen molar-refractivity contribution < 1.29 is 9.59 Å². The molecule has 0 radical (unpaired) electrons. The molecule has 16 heavy (non-hydrogen) atoms. The Labute approximate surface area is 94.3 Å². The number of amides is 2. The van der Waals surface area contributed by atoms with Crippen molar-refractivity contribution in [2.75, 3.05) is 13.6 Å². The van der Waals surface area contributed by atoms with E-state index in [1.165, 1.54) is 7.05 Å². The van der Waals surface area contributed by atoms with Gasteiger partial charge in [-0.3, -0.25) is 9.59 Å². The molecule has 2 amide bonds. The van der Waals surface area contributed by atoms with E-state index in [9.17, 15) is 9.59 Å². The largest absolute Gasteiger partial charge is 0.358 e. The summed E-state index contributed by atoms with van der Waals surface area (Å²) in [7, 11) is 1.52. The molecule has 5 heteroatoms. The van der Waals surface area contributed by atoms with E-state index >= 15 is 0 Å². The monoisotopic (exact) mass is 221 g/mol. The topological polar surface area (TPSA) is 71.1 Å². The lowest BCUT2D eigenvalue weighted by Crippen LogP contribution is -2.35. The highest BCUT2D eigenvalue weighted by Gasteiger charge is 2.08. The molecule has 5 nitrogen and oxygen atoms in total. The van der Waals surface area contributed by atoms with E-state index in [4.69, 9.17) is 0 Å². The quantitative estimate of drug-likeness (QED) is 0.758. The number of rotatable bonds is 4. The normalized spacial score (nSPS) is 9.62. The molecular weight excluding hydrogens is 206 g/mol. The first-order valence-electron chi connectivity index (χ1n) is 5.12. The van der Waals surface area contributed by atoms with E-state index in [2.05, 4.69) is 15.6 Å². The van der Waals surface area contributed by atoms with Gasteiger partial charge in [0.1, 0.15) is 5.69 Å². The minimum Gasteiger partial charge on any atom is -0.358 e. The van der Waals surface area contributed by atoms with Crippen LogP contribution in [0.3, 0.4) is 0 Å². The average Bonchev–Trinajstić information content (AvgIpc) is 2.35. The summed E-state index contributed by atoms with van der Waals surface area (Å²) in [5.74, 6) is -0.570.